The molecule has 10 heteroatoms. The number of para-hydroxylation sites is 1. The number of furan rings is 1. The van der Waals surface area contributed by atoms with E-state index in [9.17, 15) is 13.2 Å². The molecule has 0 aliphatic carbocycles. The third kappa shape index (κ3) is 5.80. The van der Waals surface area contributed by atoms with Crippen molar-refractivity contribution in [2.24, 2.45) is 0 Å². The van der Waals surface area contributed by atoms with Gasteiger partial charge < -0.3 is 15.1 Å². The molecule has 0 bridgehead atoms. The summed E-state index contributed by atoms with van der Waals surface area (Å²) < 4.78 is 33.7. The van der Waals surface area contributed by atoms with Crippen LogP contribution in [0.1, 0.15) is 27.3 Å². The minimum absolute atomic E-state index is 0.0377. The summed E-state index contributed by atoms with van der Waals surface area (Å²) in [5, 5.41) is 12.8. The van der Waals surface area contributed by atoms with E-state index >= 15 is 0 Å². The summed E-state index contributed by atoms with van der Waals surface area (Å²) in [6.07, 6.45) is 3.14. The molecule has 1 amide bonds. The molecule has 0 saturated heterocycles. The zero-order valence-electron chi connectivity index (χ0n) is 17.8. The average Bonchev–Trinajstić information content (AvgIpc) is 3.48. The predicted octanol–water partition coefficient (Wildman–Crippen LogP) is 3.65. The van der Waals surface area contributed by atoms with Crippen LogP contribution in [-0.4, -0.2) is 24.5 Å². The van der Waals surface area contributed by atoms with Crippen LogP contribution in [0.2, 0.25) is 0 Å². The highest BCUT2D eigenvalue weighted by Crippen LogP contribution is 2.23. The number of amides is 1. The Morgan fingerprint density at radius 1 is 1.03 bits per heavy atom. The Morgan fingerprint density at radius 3 is 2.55 bits per heavy atom. The second-order valence-electron chi connectivity index (χ2n) is 7.43. The zero-order valence-corrected chi connectivity index (χ0v) is 18.6. The molecule has 33 heavy (non-hydrogen) atoms. The Bertz CT molecular complexity index is 1330. The maximum Gasteiger partial charge on any atom is 0.261 e. The largest absolute Gasteiger partial charge is 0.472 e. The molecule has 4 rings (SSSR count). The molecule has 0 radical (unpaired) electrons. The smallest absolute Gasteiger partial charge is 0.261 e. The Kier molecular flexibility index (Phi) is 6.45. The highest BCUT2D eigenvalue weighted by Gasteiger charge is 2.19. The van der Waals surface area contributed by atoms with Crippen molar-refractivity contribution in [2.45, 2.75) is 24.9 Å². The van der Waals surface area contributed by atoms with Crippen LogP contribution in [-0.2, 0) is 23.1 Å². The van der Waals surface area contributed by atoms with Gasteiger partial charge in [0.25, 0.3) is 15.9 Å². The van der Waals surface area contributed by atoms with Crippen LogP contribution in [0.25, 0.3) is 0 Å². The molecule has 0 spiro atoms. The number of nitrogens with one attached hydrogen (secondary N) is 4. The number of sulfonamides is 1. The first kappa shape index (κ1) is 22.2. The molecule has 0 fully saturated rings. The minimum atomic E-state index is -3.93. The van der Waals surface area contributed by atoms with Crippen LogP contribution in [0, 0.1) is 6.92 Å². The SMILES string of the molecule is Cc1cc(CNC(=O)c2cc(NCc3ccoc3)cc(S(=O)(=O)Nc3ccccc3)c2)n[nH]1. The van der Waals surface area contributed by atoms with E-state index in [2.05, 4.69) is 25.6 Å². The Hall–Kier alpha value is -4.05. The number of benzene rings is 2. The van der Waals surface area contributed by atoms with Gasteiger partial charge in [-0.2, -0.15) is 5.10 Å². The third-order valence-electron chi connectivity index (χ3n) is 4.77. The number of aryl methyl sites for hydroxylation is 1. The Morgan fingerprint density at radius 2 is 1.85 bits per heavy atom. The summed E-state index contributed by atoms with van der Waals surface area (Å²) in [4.78, 5) is 12.8. The van der Waals surface area contributed by atoms with Gasteiger partial charge in [0.05, 0.1) is 29.7 Å². The Labute approximate surface area is 191 Å². The molecule has 170 valence electrons. The lowest BCUT2D eigenvalue weighted by atomic mass is 10.1. The molecular formula is C23H23N5O4S. The van der Waals surface area contributed by atoms with Crippen molar-refractivity contribution in [1.82, 2.24) is 15.5 Å². The van der Waals surface area contributed by atoms with Crippen LogP contribution in [0.4, 0.5) is 11.4 Å². The number of aromatic nitrogens is 2. The number of nitrogens with zero attached hydrogens (tertiary/aromatic N) is 1. The van der Waals surface area contributed by atoms with Gasteiger partial charge in [0.1, 0.15) is 0 Å². The summed E-state index contributed by atoms with van der Waals surface area (Å²) in [5.74, 6) is -0.418. The van der Waals surface area contributed by atoms with Crippen LogP contribution in [0.5, 0.6) is 0 Å². The topological polar surface area (TPSA) is 129 Å². The van der Waals surface area contributed by atoms with Crippen LogP contribution in [0.15, 0.2) is 82.5 Å². The van der Waals surface area contributed by atoms with Crippen molar-refractivity contribution < 1.29 is 17.6 Å². The number of rotatable bonds is 9. The fourth-order valence-corrected chi connectivity index (χ4v) is 4.27. The summed E-state index contributed by atoms with van der Waals surface area (Å²) in [7, 11) is -3.93. The third-order valence-corrected chi connectivity index (χ3v) is 6.13. The molecule has 2 aromatic heterocycles. The van der Waals surface area contributed by atoms with Crippen LogP contribution < -0.4 is 15.4 Å². The minimum Gasteiger partial charge on any atom is -0.472 e. The van der Waals surface area contributed by atoms with Gasteiger partial charge in [0.15, 0.2) is 0 Å². The molecule has 0 unspecified atom stereocenters. The second-order valence-corrected chi connectivity index (χ2v) is 9.11. The molecule has 0 atom stereocenters. The van der Waals surface area contributed by atoms with E-state index in [-0.39, 0.29) is 17.0 Å². The fraction of sp³-hybridized carbons (Fsp3) is 0.130. The predicted molar refractivity (Wildman–Crippen MR) is 124 cm³/mol. The molecule has 0 aliphatic heterocycles. The number of aromatic amines is 1. The first-order valence-corrected chi connectivity index (χ1v) is 11.6. The zero-order chi connectivity index (χ0) is 23.3. The normalized spacial score (nSPS) is 11.2. The van der Waals surface area contributed by atoms with Crippen molar-refractivity contribution in [3.05, 3.63) is 95.7 Å². The maximum atomic E-state index is 13.0. The maximum absolute atomic E-state index is 13.0. The second kappa shape index (κ2) is 9.61. The van der Waals surface area contributed by atoms with E-state index in [1.165, 1.54) is 12.1 Å². The van der Waals surface area contributed by atoms with Crippen molar-refractivity contribution in [2.75, 3.05) is 10.0 Å². The van der Waals surface area contributed by atoms with E-state index < -0.39 is 15.9 Å². The standard InChI is InChI=1S/C23H23N5O4S/c1-16-9-21(27-26-16)14-25-23(29)18-10-20(24-13-17-7-8-32-15-17)12-22(11-18)33(30,31)28-19-5-3-2-4-6-19/h2-12,15,24,28H,13-14H2,1H3,(H,25,29)(H,26,27). The van der Waals surface area contributed by atoms with Crippen molar-refractivity contribution in [3.63, 3.8) is 0 Å². The van der Waals surface area contributed by atoms with Gasteiger partial charge in [-0.25, -0.2) is 8.42 Å². The van der Waals surface area contributed by atoms with E-state index in [0.717, 1.165) is 11.3 Å². The fourth-order valence-electron chi connectivity index (χ4n) is 3.14. The summed E-state index contributed by atoms with van der Waals surface area (Å²) in [6, 6.07) is 16.6. The molecule has 0 aliphatic rings. The lowest BCUT2D eigenvalue weighted by Gasteiger charge is -2.13. The van der Waals surface area contributed by atoms with Crippen molar-refractivity contribution in [1.29, 1.82) is 0 Å². The summed E-state index contributed by atoms with van der Waals surface area (Å²) in [6.45, 7) is 2.48. The van der Waals surface area contributed by atoms with Gasteiger partial charge in [-0.15, -0.1) is 0 Å². The number of anilines is 2. The monoisotopic (exact) mass is 465 g/mol. The van der Waals surface area contributed by atoms with E-state index in [0.29, 0.717) is 23.6 Å². The lowest BCUT2D eigenvalue weighted by Crippen LogP contribution is -2.24. The van der Waals surface area contributed by atoms with E-state index in [4.69, 9.17) is 4.42 Å². The molecular weight excluding hydrogens is 442 g/mol. The highest BCUT2D eigenvalue weighted by molar-refractivity contribution is 7.92. The van der Waals surface area contributed by atoms with Crippen LogP contribution >= 0.6 is 0 Å². The summed E-state index contributed by atoms with van der Waals surface area (Å²) in [5.41, 5.74) is 3.54. The number of hydrogen-bond donors (Lipinski definition) is 4. The number of carbonyl (C=O) groups excluding carboxylic acids is 1. The molecule has 9 nitrogen and oxygen atoms in total. The van der Waals surface area contributed by atoms with Gasteiger partial charge in [-0.1, -0.05) is 18.2 Å². The van der Waals surface area contributed by atoms with Crippen LogP contribution in [0.3, 0.4) is 0 Å². The molecule has 2 heterocycles. The highest BCUT2D eigenvalue weighted by atomic mass is 32.2. The number of hydrogen-bond acceptors (Lipinski definition) is 6. The first-order valence-electron chi connectivity index (χ1n) is 10.2. The Balaban J connectivity index is 1.60. The van der Waals surface area contributed by atoms with E-state index in [1.807, 2.05) is 13.0 Å². The molecule has 0 saturated carbocycles. The van der Waals surface area contributed by atoms with Crippen molar-refractivity contribution in [3.8, 4) is 0 Å². The number of H-pyrrole nitrogens is 1. The van der Waals surface area contributed by atoms with E-state index in [1.54, 1.807) is 55.0 Å². The average molecular weight is 466 g/mol. The van der Waals surface area contributed by atoms with Gasteiger partial charge in [0, 0.05) is 34.7 Å². The number of carbonyl (C=O) groups is 1. The van der Waals surface area contributed by atoms with Crippen molar-refractivity contribution >= 4 is 27.3 Å². The van der Waals surface area contributed by atoms with Gasteiger partial charge in [-0.05, 0) is 49.4 Å². The summed E-state index contributed by atoms with van der Waals surface area (Å²) >= 11 is 0. The lowest BCUT2D eigenvalue weighted by molar-refractivity contribution is 0.0950. The molecule has 4 N–H and O–H groups in total. The molecule has 4 aromatic rings. The molecule has 2 aromatic carbocycles. The van der Waals surface area contributed by atoms with Gasteiger partial charge in [0.2, 0.25) is 0 Å². The van der Waals surface area contributed by atoms with Gasteiger partial charge in [-0.3, -0.25) is 14.6 Å². The van der Waals surface area contributed by atoms with Gasteiger partial charge >= 0.3 is 0 Å². The first-order chi connectivity index (χ1) is 15.9. The quantitative estimate of drug-likeness (QED) is 0.299.